The number of thioether (sulfide) groups is 1. The second-order valence-electron chi connectivity index (χ2n) is 6.01. The molecule has 1 N–H and O–H groups in total. The molecule has 1 aromatic rings. The van der Waals surface area contributed by atoms with Gasteiger partial charge in [0.1, 0.15) is 17.2 Å². The Kier molecular flexibility index (Phi) is 6.62. The lowest BCUT2D eigenvalue weighted by molar-refractivity contribution is -0.139. The number of benzene rings is 1. The van der Waals surface area contributed by atoms with Crippen molar-refractivity contribution < 1.29 is 14.0 Å². The van der Waals surface area contributed by atoms with Gasteiger partial charge in [0.05, 0.1) is 0 Å². The molecule has 132 valence electrons. The summed E-state index contributed by atoms with van der Waals surface area (Å²) < 4.78 is 13.5. The van der Waals surface area contributed by atoms with Gasteiger partial charge in [-0.1, -0.05) is 19.1 Å². The number of hydrogen-bond acceptors (Lipinski definition) is 4. The van der Waals surface area contributed by atoms with Crippen molar-refractivity contribution in [1.82, 2.24) is 15.1 Å². The number of nitrogens with zero attached hydrogens (tertiary/aromatic N) is 2. The molecule has 0 aromatic heterocycles. The Balaban J connectivity index is 2.14. The Hall–Kier alpha value is -1.60. The van der Waals surface area contributed by atoms with Gasteiger partial charge in [-0.3, -0.25) is 9.59 Å². The third-order valence-electron chi connectivity index (χ3n) is 3.89. The van der Waals surface area contributed by atoms with Crippen LogP contribution in [0.1, 0.15) is 24.3 Å². The van der Waals surface area contributed by atoms with Crippen LogP contribution in [0.5, 0.6) is 0 Å². The average molecular weight is 353 g/mol. The quantitative estimate of drug-likeness (QED) is 0.848. The summed E-state index contributed by atoms with van der Waals surface area (Å²) in [6, 6.07) is 5.71. The Morgan fingerprint density at radius 2 is 2.17 bits per heavy atom. The molecule has 2 rings (SSSR count). The van der Waals surface area contributed by atoms with E-state index in [0.29, 0.717) is 24.3 Å². The molecule has 2 amide bonds. The van der Waals surface area contributed by atoms with E-state index in [2.05, 4.69) is 5.32 Å². The van der Waals surface area contributed by atoms with Crippen LogP contribution in [-0.2, 0) is 9.59 Å². The molecule has 1 saturated heterocycles. The Morgan fingerprint density at radius 3 is 2.79 bits per heavy atom. The molecule has 1 aliphatic rings. The van der Waals surface area contributed by atoms with Gasteiger partial charge in [-0.2, -0.15) is 0 Å². The minimum Gasteiger partial charge on any atom is -0.353 e. The smallest absolute Gasteiger partial charge is 0.243 e. The zero-order chi connectivity index (χ0) is 17.7. The van der Waals surface area contributed by atoms with Crippen LogP contribution in [0.3, 0.4) is 0 Å². The zero-order valence-corrected chi connectivity index (χ0v) is 15.1. The van der Waals surface area contributed by atoms with E-state index in [9.17, 15) is 14.0 Å². The van der Waals surface area contributed by atoms with Gasteiger partial charge >= 0.3 is 0 Å². The van der Waals surface area contributed by atoms with E-state index in [-0.39, 0.29) is 23.0 Å². The molecular weight excluding hydrogens is 329 g/mol. The molecule has 0 radical (unpaired) electrons. The first-order valence-corrected chi connectivity index (χ1v) is 9.09. The molecule has 24 heavy (non-hydrogen) atoms. The van der Waals surface area contributed by atoms with Crippen LogP contribution in [0, 0.1) is 5.82 Å². The summed E-state index contributed by atoms with van der Waals surface area (Å²) in [4.78, 5) is 28.5. The van der Waals surface area contributed by atoms with Gasteiger partial charge in [0, 0.05) is 25.3 Å². The van der Waals surface area contributed by atoms with Crippen molar-refractivity contribution in [3.8, 4) is 0 Å². The van der Waals surface area contributed by atoms with Crippen molar-refractivity contribution in [2.24, 2.45) is 0 Å². The lowest BCUT2D eigenvalue weighted by Crippen LogP contribution is -2.48. The van der Waals surface area contributed by atoms with Crippen molar-refractivity contribution in [3.05, 3.63) is 35.6 Å². The van der Waals surface area contributed by atoms with E-state index in [1.165, 1.54) is 23.9 Å². The number of nitrogens with one attached hydrogen (secondary N) is 1. The number of hydrogen-bond donors (Lipinski definition) is 1. The fourth-order valence-electron chi connectivity index (χ4n) is 2.63. The van der Waals surface area contributed by atoms with Crippen molar-refractivity contribution >= 4 is 23.6 Å². The molecule has 7 heteroatoms. The fraction of sp³-hybridized carbons (Fsp3) is 0.529. The first-order chi connectivity index (χ1) is 11.4. The highest BCUT2D eigenvalue weighted by atomic mass is 32.2. The number of carbonyl (C=O) groups is 2. The van der Waals surface area contributed by atoms with Crippen LogP contribution in [0.15, 0.2) is 24.3 Å². The van der Waals surface area contributed by atoms with Gasteiger partial charge in [-0.15, -0.1) is 11.8 Å². The number of halogens is 1. The van der Waals surface area contributed by atoms with E-state index in [1.54, 1.807) is 24.0 Å². The summed E-state index contributed by atoms with van der Waals surface area (Å²) in [5, 5.41) is 2.56. The highest BCUT2D eigenvalue weighted by Crippen LogP contribution is 2.41. The molecule has 1 fully saturated rings. The molecule has 0 bridgehead atoms. The van der Waals surface area contributed by atoms with Crippen molar-refractivity contribution in [2.45, 2.75) is 24.8 Å². The van der Waals surface area contributed by atoms with Crippen LogP contribution >= 0.6 is 11.8 Å². The molecule has 0 aliphatic carbocycles. The Morgan fingerprint density at radius 1 is 1.42 bits per heavy atom. The summed E-state index contributed by atoms with van der Waals surface area (Å²) in [6.07, 6.45) is 0.313. The van der Waals surface area contributed by atoms with E-state index in [1.807, 2.05) is 19.0 Å². The molecule has 2 atom stereocenters. The van der Waals surface area contributed by atoms with Crippen LogP contribution in [0.25, 0.3) is 0 Å². The maximum Gasteiger partial charge on any atom is 0.243 e. The Labute approximate surface area is 146 Å². The highest BCUT2D eigenvalue weighted by Gasteiger charge is 2.41. The molecular formula is C17H24FN3O2S. The first-order valence-electron chi connectivity index (χ1n) is 8.04. The molecule has 0 spiro atoms. The zero-order valence-electron chi connectivity index (χ0n) is 14.3. The van der Waals surface area contributed by atoms with Gasteiger partial charge in [0.2, 0.25) is 11.8 Å². The van der Waals surface area contributed by atoms with Crippen molar-refractivity contribution in [3.63, 3.8) is 0 Å². The lowest BCUT2D eigenvalue weighted by Gasteiger charge is -2.29. The summed E-state index contributed by atoms with van der Waals surface area (Å²) >= 11 is 1.50. The van der Waals surface area contributed by atoms with Crippen LogP contribution in [0.4, 0.5) is 4.39 Å². The second kappa shape index (κ2) is 8.48. The summed E-state index contributed by atoms with van der Waals surface area (Å²) in [7, 11) is 3.87. The molecule has 0 saturated carbocycles. The highest BCUT2D eigenvalue weighted by molar-refractivity contribution is 7.99. The average Bonchev–Trinajstić information content (AvgIpc) is 2.98. The van der Waals surface area contributed by atoms with E-state index < -0.39 is 6.04 Å². The fourth-order valence-corrected chi connectivity index (χ4v) is 4.07. The van der Waals surface area contributed by atoms with Crippen molar-refractivity contribution in [2.75, 3.05) is 32.9 Å². The summed E-state index contributed by atoms with van der Waals surface area (Å²) in [5.74, 6) is -0.0660. The normalized spacial score (nSPS) is 20.5. The monoisotopic (exact) mass is 353 g/mol. The molecule has 1 aromatic carbocycles. The minimum atomic E-state index is -0.516. The maximum absolute atomic E-state index is 13.5. The van der Waals surface area contributed by atoms with Gasteiger partial charge in [0.15, 0.2) is 0 Å². The van der Waals surface area contributed by atoms with Gasteiger partial charge in [0.25, 0.3) is 0 Å². The maximum atomic E-state index is 13.5. The minimum absolute atomic E-state index is 0.0954. The van der Waals surface area contributed by atoms with Gasteiger partial charge < -0.3 is 15.1 Å². The van der Waals surface area contributed by atoms with Gasteiger partial charge in [-0.05, 0) is 31.8 Å². The second-order valence-corrected chi connectivity index (χ2v) is 7.12. The topological polar surface area (TPSA) is 52.7 Å². The molecule has 2 unspecified atom stereocenters. The number of rotatable bonds is 6. The predicted octanol–water partition coefficient (Wildman–Crippen LogP) is 1.86. The standard InChI is InChI=1S/C17H24FN3O2S/c1-4-15(22)21-14(16(23)19-8-9-20(2)3)11-24-17(21)12-6-5-7-13(18)10-12/h5-7,10,14,17H,4,8-9,11H2,1-3H3,(H,19,23). The number of carbonyl (C=O) groups excluding carboxylic acids is 2. The van der Waals surface area contributed by atoms with Crippen LogP contribution < -0.4 is 5.32 Å². The number of amides is 2. The van der Waals surface area contributed by atoms with Gasteiger partial charge in [-0.25, -0.2) is 4.39 Å². The van der Waals surface area contributed by atoms with E-state index in [0.717, 1.165) is 6.54 Å². The Bertz CT molecular complexity index is 597. The molecule has 5 nitrogen and oxygen atoms in total. The largest absolute Gasteiger partial charge is 0.353 e. The van der Waals surface area contributed by atoms with E-state index in [4.69, 9.17) is 0 Å². The SMILES string of the molecule is CCC(=O)N1C(C(=O)NCCN(C)C)CSC1c1cccc(F)c1. The number of likely N-dealkylation sites (N-methyl/N-ethyl adjacent to an activating group) is 1. The first kappa shape index (κ1) is 18.7. The predicted molar refractivity (Wildman–Crippen MR) is 94.1 cm³/mol. The molecule has 1 heterocycles. The third-order valence-corrected chi connectivity index (χ3v) is 5.21. The third kappa shape index (κ3) is 4.48. The van der Waals surface area contributed by atoms with Crippen LogP contribution in [-0.4, -0.2) is 60.6 Å². The van der Waals surface area contributed by atoms with Crippen molar-refractivity contribution in [1.29, 1.82) is 0 Å². The summed E-state index contributed by atoms with van der Waals surface area (Å²) in [5.41, 5.74) is 0.713. The van der Waals surface area contributed by atoms with Crippen LogP contribution in [0.2, 0.25) is 0 Å². The summed E-state index contributed by atoms with van der Waals surface area (Å²) in [6.45, 7) is 3.04. The van der Waals surface area contributed by atoms with E-state index >= 15 is 0 Å². The lowest BCUT2D eigenvalue weighted by atomic mass is 10.1. The molecule has 1 aliphatic heterocycles.